The predicted octanol–water partition coefficient (Wildman–Crippen LogP) is 2.28. The Bertz CT molecular complexity index is 606. The van der Waals surface area contributed by atoms with Gasteiger partial charge >= 0.3 is 0 Å². The highest BCUT2D eigenvalue weighted by molar-refractivity contribution is 5.98. The Hall–Kier alpha value is -2.01. The number of H-pyrrole nitrogens is 1. The maximum Gasteiger partial charge on any atom is 0.270 e. The van der Waals surface area contributed by atoms with Crippen molar-refractivity contribution in [3.63, 3.8) is 0 Å². The molecule has 2 aromatic rings. The highest BCUT2D eigenvalue weighted by Crippen LogP contribution is 2.22. The second-order valence-electron chi connectivity index (χ2n) is 4.86. The standard InChI is InChI=1S/C15H20N2O3/c1-10(9-19-3)17(2)15(18)14-7-11-5-6-12(20-4)8-13(11)16-14/h5-8,10,16H,9H2,1-4H3/t10-/m0/s1. The van der Waals surface area contributed by atoms with E-state index in [2.05, 4.69) is 4.98 Å². The van der Waals surface area contributed by atoms with Gasteiger partial charge in [-0.2, -0.15) is 0 Å². The monoisotopic (exact) mass is 276 g/mol. The molecule has 0 aliphatic carbocycles. The minimum Gasteiger partial charge on any atom is -0.497 e. The topological polar surface area (TPSA) is 54.6 Å². The first-order chi connectivity index (χ1) is 9.56. The van der Waals surface area contributed by atoms with E-state index in [1.54, 1.807) is 26.2 Å². The van der Waals surface area contributed by atoms with Crippen molar-refractivity contribution in [3.8, 4) is 5.75 Å². The number of fused-ring (bicyclic) bond motifs is 1. The number of likely N-dealkylation sites (N-methyl/N-ethyl adjacent to an activating group) is 1. The average molecular weight is 276 g/mol. The number of aromatic amines is 1. The minimum atomic E-state index is -0.0512. The van der Waals surface area contributed by atoms with Crippen molar-refractivity contribution in [1.29, 1.82) is 0 Å². The van der Waals surface area contributed by atoms with Gasteiger partial charge in [-0.15, -0.1) is 0 Å². The Balaban J connectivity index is 2.26. The zero-order valence-corrected chi connectivity index (χ0v) is 12.3. The van der Waals surface area contributed by atoms with E-state index < -0.39 is 0 Å². The molecule has 0 bridgehead atoms. The third kappa shape index (κ3) is 2.77. The summed E-state index contributed by atoms with van der Waals surface area (Å²) in [7, 11) is 5.03. The third-order valence-electron chi connectivity index (χ3n) is 3.45. The fraction of sp³-hybridized carbons (Fsp3) is 0.400. The molecule has 1 aromatic carbocycles. The first kappa shape index (κ1) is 14.4. The smallest absolute Gasteiger partial charge is 0.270 e. The molecule has 5 nitrogen and oxygen atoms in total. The second-order valence-corrected chi connectivity index (χ2v) is 4.86. The number of nitrogens with one attached hydrogen (secondary N) is 1. The summed E-state index contributed by atoms with van der Waals surface area (Å²) < 4.78 is 10.3. The molecule has 0 aliphatic rings. The summed E-state index contributed by atoms with van der Waals surface area (Å²) in [5, 5.41) is 0.988. The molecular weight excluding hydrogens is 256 g/mol. The number of rotatable bonds is 5. The first-order valence-electron chi connectivity index (χ1n) is 6.49. The molecule has 1 heterocycles. The van der Waals surface area contributed by atoms with Gasteiger partial charge in [-0.3, -0.25) is 4.79 Å². The quantitative estimate of drug-likeness (QED) is 0.911. The molecule has 0 unspecified atom stereocenters. The first-order valence-corrected chi connectivity index (χ1v) is 6.49. The molecule has 108 valence electrons. The van der Waals surface area contributed by atoms with E-state index in [9.17, 15) is 4.79 Å². The third-order valence-corrected chi connectivity index (χ3v) is 3.45. The number of nitrogens with zero attached hydrogens (tertiary/aromatic N) is 1. The van der Waals surface area contributed by atoms with Crippen molar-refractivity contribution in [3.05, 3.63) is 30.0 Å². The van der Waals surface area contributed by atoms with Gasteiger partial charge in [0.15, 0.2) is 0 Å². The van der Waals surface area contributed by atoms with Gasteiger partial charge in [0.1, 0.15) is 11.4 Å². The summed E-state index contributed by atoms with van der Waals surface area (Å²) in [5.41, 5.74) is 1.46. The lowest BCUT2D eigenvalue weighted by molar-refractivity contribution is 0.0629. The van der Waals surface area contributed by atoms with E-state index in [-0.39, 0.29) is 11.9 Å². The molecular formula is C15H20N2O3. The molecule has 20 heavy (non-hydrogen) atoms. The zero-order valence-electron chi connectivity index (χ0n) is 12.3. The number of aromatic nitrogens is 1. The average Bonchev–Trinajstić information content (AvgIpc) is 2.88. The van der Waals surface area contributed by atoms with Crippen LogP contribution in [-0.4, -0.2) is 49.7 Å². The second kappa shape index (κ2) is 5.96. The normalized spacial score (nSPS) is 12.4. The van der Waals surface area contributed by atoms with Crippen molar-refractivity contribution >= 4 is 16.8 Å². The molecule has 1 amide bonds. The molecule has 0 radical (unpaired) electrons. The molecule has 0 fully saturated rings. The highest BCUT2D eigenvalue weighted by atomic mass is 16.5. The van der Waals surface area contributed by atoms with Gasteiger partial charge in [0.05, 0.1) is 19.8 Å². The van der Waals surface area contributed by atoms with Crippen LogP contribution in [-0.2, 0) is 4.74 Å². The summed E-state index contributed by atoms with van der Waals surface area (Å²) >= 11 is 0. The summed E-state index contributed by atoms with van der Waals surface area (Å²) in [6.45, 7) is 2.46. The van der Waals surface area contributed by atoms with E-state index >= 15 is 0 Å². The lowest BCUT2D eigenvalue weighted by Crippen LogP contribution is -2.37. The van der Waals surface area contributed by atoms with Crippen LogP contribution in [0.2, 0.25) is 0 Å². The van der Waals surface area contributed by atoms with Crippen LogP contribution in [0.4, 0.5) is 0 Å². The van der Waals surface area contributed by atoms with Crippen molar-refractivity contribution in [2.45, 2.75) is 13.0 Å². The molecule has 5 heteroatoms. The number of ether oxygens (including phenoxy) is 2. The van der Waals surface area contributed by atoms with Crippen LogP contribution in [0.3, 0.4) is 0 Å². The number of benzene rings is 1. The molecule has 1 aromatic heterocycles. The largest absolute Gasteiger partial charge is 0.497 e. The fourth-order valence-corrected chi connectivity index (χ4v) is 2.09. The van der Waals surface area contributed by atoms with Gasteiger partial charge in [-0.05, 0) is 25.1 Å². The van der Waals surface area contributed by atoms with Crippen LogP contribution in [0, 0.1) is 0 Å². The van der Waals surface area contributed by atoms with E-state index in [1.807, 2.05) is 31.2 Å². The lowest BCUT2D eigenvalue weighted by atomic mass is 10.2. The number of carbonyl (C=O) groups is 1. The molecule has 1 N–H and O–H groups in total. The summed E-state index contributed by atoms with van der Waals surface area (Å²) in [5.74, 6) is 0.712. The van der Waals surface area contributed by atoms with Crippen LogP contribution in [0.5, 0.6) is 5.75 Å². The van der Waals surface area contributed by atoms with E-state index in [1.165, 1.54) is 0 Å². The lowest BCUT2D eigenvalue weighted by Gasteiger charge is -2.23. The van der Waals surface area contributed by atoms with E-state index in [0.717, 1.165) is 16.7 Å². The van der Waals surface area contributed by atoms with Crippen LogP contribution >= 0.6 is 0 Å². The van der Waals surface area contributed by atoms with Crippen LogP contribution in [0.1, 0.15) is 17.4 Å². The Kier molecular flexibility index (Phi) is 4.29. The zero-order chi connectivity index (χ0) is 14.7. The van der Waals surface area contributed by atoms with Gasteiger partial charge in [-0.1, -0.05) is 0 Å². The molecule has 2 rings (SSSR count). The Morgan fingerprint density at radius 3 is 2.75 bits per heavy atom. The van der Waals surface area contributed by atoms with Crippen LogP contribution in [0.15, 0.2) is 24.3 Å². The van der Waals surface area contributed by atoms with E-state index in [0.29, 0.717) is 12.3 Å². The fourth-order valence-electron chi connectivity index (χ4n) is 2.09. The van der Waals surface area contributed by atoms with Gasteiger partial charge in [-0.25, -0.2) is 0 Å². The summed E-state index contributed by atoms with van der Waals surface area (Å²) in [4.78, 5) is 17.2. The van der Waals surface area contributed by atoms with Crippen molar-refractivity contribution in [2.24, 2.45) is 0 Å². The van der Waals surface area contributed by atoms with Crippen molar-refractivity contribution in [2.75, 3.05) is 27.9 Å². The molecule has 1 atom stereocenters. The Morgan fingerprint density at radius 1 is 1.35 bits per heavy atom. The molecule has 0 saturated carbocycles. The van der Waals surface area contributed by atoms with Gasteiger partial charge in [0.25, 0.3) is 5.91 Å². The van der Waals surface area contributed by atoms with Gasteiger partial charge < -0.3 is 19.4 Å². The minimum absolute atomic E-state index is 0.0217. The van der Waals surface area contributed by atoms with Crippen LogP contribution < -0.4 is 4.74 Å². The Morgan fingerprint density at radius 2 is 2.10 bits per heavy atom. The number of amides is 1. The number of methoxy groups -OCH3 is 2. The maximum absolute atomic E-state index is 12.4. The summed E-state index contributed by atoms with van der Waals surface area (Å²) in [6.07, 6.45) is 0. The van der Waals surface area contributed by atoms with Gasteiger partial charge in [0.2, 0.25) is 0 Å². The maximum atomic E-state index is 12.4. The number of hydrogen-bond donors (Lipinski definition) is 1. The highest BCUT2D eigenvalue weighted by Gasteiger charge is 2.19. The molecule has 0 aliphatic heterocycles. The number of carbonyl (C=O) groups excluding carboxylic acids is 1. The summed E-state index contributed by atoms with van der Waals surface area (Å²) in [6, 6.07) is 7.56. The van der Waals surface area contributed by atoms with Gasteiger partial charge in [0, 0.05) is 31.1 Å². The number of hydrogen-bond acceptors (Lipinski definition) is 3. The van der Waals surface area contributed by atoms with Crippen molar-refractivity contribution in [1.82, 2.24) is 9.88 Å². The molecule has 0 spiro atoms. The van der Waals surface area contributed by atoms with E-state index in [4.69, 9.17) is 9.47 Å². The Labute approximate surface area is 118 Å². The molecule has 0 saturated heterocycles. The van der Waals surface area contributed by atoms with Crippen LogP contribution in [0.25, 0.3) is 10.9 Å². The SMILES string of the molecule is COC[C@H](C)N(C)C(=O)c1cc2ccc(OC)cc2[nH]1. The predicted molar refractivity (Wildman–Crippen MR) is 78.3 cm³/mol. The van der Waals surface area contributed by atoms with Crippen molar-refractivity contribution < 1.29 is 14.3 Å².